The van der Waals surface area contributed by atoms with Gasteiger partial charge in [-0.15, -0.1) is 11.7 Å². The van der Waals surface area contributed by atoms with Gasteiger partial charge in [0.05, 0.1) is 12.2 Å². The number of hydrogen-bond donors (Lipinski definition) is 0. The highest BCUT2D eigenvalue weighted by molar-refractivity contribution is 5.92. The van der Waals surface area contributed by atoms with Crippen LogP contribution in [0.3, 0.4) is 0 Å². The lowest BCUT2D eigenvalue weighted by Crippen LogP contribution is -2.01. The molecule has 4 nitrogen and oxygen atoms in total. The molecule has 0 spiro atoms. The van der Waals surface area contributed by atoms with Gasteiger partial charge in [-0.1, -0.05) is 13.0 Å². The molecule has 0 bridgehead atoms. The van der Waals surface area contributed by atoms with E-state index in [9.17, 15) is 4.79 Å². The maximum absolute atomic E-state index is 11.1. The van der Waals surface area contributed by atoms with Crippen molar-refractivity contribution in [2.75, 3.05) is 0 Å². The van der Waals surface area contributed by atoms with Crippen LogP contribution in [-0.4, -0.2) is 20.8 Å². The van der Waals surface area contributed by atoms with Gasteiger partial charge in [0, 0.05) is 6.92 Å². The van der Waals surface area contributed by atoms with Crippen LogP contribution in [0.25, 0.3) is 0 Å². The molecule has 0 atom stereocenters. The van der Waals surface area contributed by atoms with Gasteiger partial charge in [0.1, 0.15) is 0 Å². The summed E-state index contributed by atoms with van der Waals surface area (Å²) in [5.41, 5.74) is 1.23. The zero-order valence-electron chi connectivity index (χ0n) is 7.95. The third-order valence-corrected chi connectivity index (χ3v) is 1.69. The summed E-state index contributed by atoms with van der Waals surface area (Å²) in [5, 5.41) is 8.21. The Hall–Kier alpha value is -1.45. The van der Waals surface area contributed by atoms with E-state index < -0.39 is 0 Å². The number of rotatable bonds is 4. The van der Waals surface area contributed by atoms with Crippen molar-refractivity contribution in [3.05, 3.63) is 24.0 Å². The predicted octanol–water partition coefficient (Wildman–Crippen LogP) is 1.23. The van der Waals surface area contributed by atoms with Crippen LogP contribution >= 0.6 is 0 Å². The first kappa shape index (κ1) is 9.64. The first-order chi connectivity index (χ1) is 6.19. The van der Waals surface area contributed by atoms with E-state index in [0.717, 1.165) is 12.1 Å². The lowest BCUT2D eigenvalue weighted by atomic mass is 10.2. The van der Waals surface area contributed by atoms with Crippen LogP contribution in [0.15, 0.2) is 12.7 Å². The molecular formula is C9H13N3O. The lowest BCUT2D eigenvalue weighted by molar-refractivity contribution is 0.101. The molecular weight excluding hydrogens is 166 g/mol. The van der Waals surface area contributed by atoms with Gasteiger partial charge in [-0.2, -0.15) is 9.90 Å². The summed E-state index contributed by atoms with van der Waals surface area (Å²) in [6.07, 6.45) is 2.43. The minimum absolute atomic E-state index is 0.0350. The van der Waals surface area contributed by atoms with E-state index in [1.165, 1.54) is 11.7 Å². The second kappa shape index (κ2) is 3.98. The summed E-state index contributed by atoms with van der Waals surface area (Å²) in [5.74, 6) is -0.0350. The standard InChI is InChI=1S/C9H13N3O/c1-4-6-12-10-8(5-2)9(11-12)7(3)13/h4H,1,5-6H2,2-3H3. The Morgan fingerprint density at radius 1 is 1.62 bits per heavy atom. The van der Waals surface area contributed by atoms with E-state index in [1.807, 2.05) is 6.92 Å². The number of aryl methyl sites for hydroxylation is 1. The van der Waals surface area contributed by atoms with Crippen molar-refractivity contribution in [3.8, 4) is 0 Å². The Morgan fingerprint density at radius 2 is 2.31 bits per heavy atom. The van der Waals surface area contributed by atoms with Gasteiger partial charge in [0.25, 0.3) is 0 Å². The maximum atomic E-state index is 11.1. The highest BCUT2D eigenvalue weighted by Gasteiger charge is 2.12. The molecule has 1 aromatic rings. The molecule has 13 heavy (non-hydrogen) atoms. The molecule has 70 valence electrons. The molecule has 1 heterocycles. The van der Waals surface area contributed by atoms with Crippen LogP contribution in [-0.2, 0) is 13.0 Å². The third-order valence-electron chi connectivity index (χ3n) is 1.69. The van der Waals surface area contributed by atoms with E-state index in [-0.39, 0.29) is 5.78 Å². The highest BCUT2D eigenvalue weighted by Crippen LogP contribution is 2.04. The first-order valence-corrected chi connectivity index (χ1v) is 4.24. The molecule has 0 fully saturated rings. The number of hydrogen-bond acceptors (Lipinski definition) is 3. The van der Waals surface area contributed by atoms with Crippen LogP contribution in [0.1, 0.15) is 30.0 Å². The summed E-state index contributed by atoms with van der Waals surface area (Å²) in [7, 11) is 0. The van der Waals surface area contributed by atoms with Crippen molar-refractivity contribution < 1.29 is 4.79 Å². The highest BCUT2D eigenvalue weighted by atomic mass is 16.1. The fraction of sp³-hybridized carbons (Fsp3) is 0.444. The largest absolute Gasteiger partial charge is 0.293 e. The average molecular weight is 179 g/mol. The fourth-order valence-electron chi connectivity index (χ4n) is 1.09. The van der Waals surface area contributed by atoms with Crippen LogP contribution in [0.5, 0.6) is 0 Å². The molecule has 0 aliphatic carbocycles. The summed E-state index contributed by atoms with van der Waals surface area (Å²) in [6, 6.07) is 0. The van der Waals surface area contributed by atoms with E-state index in [4.69, 9.17) is 0 Å². The monoisotopic (exact) mass is 179 g/mol. The molecule has 0 unspecified atom stereocenters. The van der Waals surface area contributed by atoms with Gasteiger partial charge in [0.2, 0.25) is 0 Å². The Bertz CT molecular complexity index is 328. The van der Waals surface area contributed by atoms with Gasteiger partial charge in [-0.05, 0) is 6.42 Å². The number of carbonyl (C=O) groups excluding carboxylic acids is 1. The van der Waals surface area contributed by atoms with E-state index >= 15 is 0 Å². The molecule has 0 amide bonds. The van der Waals surface area contributed by atoms with Crippen molar-refractivity contribution in [1.82, 2.24) is 15.0 Å². The summed E-state index contributed by atoms with van der Waals surface area (Å²) < 4.78 is 0. The quantitative estimate of drug-likeness (QED) is 0.516. The number of carbonyl (C=O) groups is 1. The predicted molar refractivity (Wildman–Crippen MR) is 49.6 cm³/mol. The molecule has 0 saturated heterocycles. The number of aromatic nitrogens is 3. The number of nitrogens with zero attached hydrogens (tertiary/aromatic N) is 3. The van der Waals surface area contributed by atoms with E-state index in [0.29, 0.717) is 12.2 Å². The molecule has 1 aromatic heterocycles. The number of ketones is 1. The fourth-order valence-corrected chi connectivity index (χ4v) is 1.09. The molecule has 0 aliphatic heterocycles. The van der Waals surface area contributed by atoms with Gasteiger partial charge in [0.15, 0.2) is 11.5 Å². The van der Waals surface area contributed by atoms with Gasteiger partial charge in [-0.3, -0.25) is 4.79 Å². The van der Waals surface area contributed by atoms with Gasteiger partial charge in [-0.25, -0.2) is 0 Å². The molecule has 0 N–H and O–H groups in total. The molecule has 0 aromatic carbocycles. The van der Waals surface area contributed by atoms with Crippen LogP contribution < -0.4 is 0 Å². The smallest absolute Gasteiger partial charge is 0.181 e. The molecule has 1 rings (SSSR count). The molecule has 4 heteroatoms. The van der Waals surface area contributed by atoms with Crippen molar-refractivity contribution in [1.29, 1.82) is 0 Å². The second-order valence-corrected chi connectivity index (χ2v) is 2.75. The Morgan fingerprint density at radius 3 is 2.69 bits per heavy atom. The number of Topliss-reactive ketones (excluding diaryl/α,β-unsaturated/α-hetero) is 1. The molecule has 0 saturated carbocycles. The average Bonchev–Trinajstić information content (AvgIpc) is 2.48. The number of allylic oxidation sites excluding steroid dienone is 1. The van der Waals surface area contributed by atoms with Crippen molar-refractivity contribution in [2.24, 2.45) is 0 Å². The minimum atomic E-state index is -0.0350. The van der Waals surface area contributed by atoms with E-state index in [1.54, 1.807) is 6.08 Å². The van der Waals surface area contributed by atoms with Gasteiger partial charge < -0.3 is 0 Å². The third kappa shape index (κ3) is 2.02. The Kier molecular flexibility index (Phi) is 2.95. The summed E-state index contributed by atoms with van der Waals surface area (Å²) in [6.45, 7) is 7.58. The first-order valence-electron chi connectivity index (χ1n) is 4.24. The van der Waals surface area contributed by atoms with Crippen LogP contribution in [0.2, 0.25) is 0 Å². The van der Waals surface area contributed by atoms with Crippen molar-refractivity contribution >= 4 is 5.78 Å². The second-order valence-electron chi connectivity index (χ2n) is 2.75. The maximum Gasteiger partial charge on any atom is 0.181 e. The lowest BCUT2D eigenvalue weighted by Gasteiger charge is -1.89. The van der Waals surface area contributed by atoms with E-state index in [2.05, 4.69) is 16.8 Å². The van der Waals surface area contributed by atoms with Crippen LogP contribution in [0, 0.1) is 0 Å². The van der Waals surface area contributed by atoms with Crippen molar-refractivity contribution in [2.45, 2.75) is 26.8 Å². The zero-order valence-corrected chi connectivity index (χ0v) is 7.95. The SMILES string of the molecule is C=CCn1nc(CC)c(C(C)=O)n1. The summed E-state index contributed by atoms with van der Waals surface area (Å²) >= 11 is 0. The molecule has 0 aliphatic rings. The zero-order chi connectivity index (χ0) is 9.84. The topological polar surface area (TPSA) is 47.8 Å². The Labute approximate surface area is 77.3 Å². The van der Waals surface area contributed by atoms with Crippen molar-refractivity contribution in [3.63, 3.8) is 0 Å². The molecule has 0 radical (unpaired) electrons. The summed E-state index contributed by atoms with van der Waals surface area (Å²) in [4.78, 5) is 12.6. The van der Waals surface area contributed by atoms with Gasteiger partial charge >= 0.3 is 0 Å². The minimum Gasteiger partial charge on any atom is -0.293 e. The van der Waals surface area contributed by atoms with Crippen LogP contribution in [0.4, 0.5) is 0 Å². The Balaban J connectivity index is 3.03. The normalized spacial score (nSPS) is 10.0.